The van der Waals surface area contributed by atoms with Gasteiger partial charge in [-0.3, -0.25) is 19.2 Å². The molecule has 2 aliphatic rings. The van der Waals surface area contributed by atoms with Crippen LogP contribution >= 0.6 is 0 Å². The Morgan fingerprint density at radius 3 is 1.11 bits per heavy atom. The number of carbonyl (C=O) groups excluding carboxylic acids is 4. The molecule has 0 atom stereocenters. The van der Waals surface area contributed by atoms with E-state index < -0.39 is 0 Å². The summed E-state index contributed by atoms with van der Waals surface area (Å²) in [5.41, 5.74) is 4.84. The normalized spacial score (nSPS) is 13.0. The van der Waals surface area contributed by atoms with Gasteiger partial charge in [0.2, 0.25) is 0 Å². The van der Waals surface area contributed by atoms with Crippen molar-refractivity contribution in [2.75, 3.05) is 0 Å². The predicted molar refractivity (Wildman–Crippen MR) is 215 cm³/mol. The highest BCUT2D eigenvalue weighted by atomic mass is 16.5. The van der Waals surface area contributed by atoms with E-state index in [9.17, 15) is 19.2 Å². The van der Waals surface area contributed by atoms with Gasteiger partial charge in [-0.15, -0.1) is 0 Å². The number of carbonyl (C=O) groups is 4. The van der Waals surface area contributed by atoms with Crippen LogP contribution in [0.3, 0.4) is 0 Å². The van der Waals surface area contributed by atoms with Crippen molar-refractivity contribution in [3.05, 3.63) is 213 Å². The van der Waals surface area contributed by atoms with Crippen LogP contribution < -0.4 is 9.47 Å². The van der Waals surface area contributed by atoms with Gasteiger partial charge < -0.3 is 9.47 Å². The summed E-state index contributed by atoms with van der Waals surface area (Å²) < 4.78 is 13.0. The van der Waals surface area contributed by atoms with Gasteiger partial charge in [-0.2, -0.15) is 0 Å². The first kappa shape index (κ1) is 33.2. The van der Waals surface area contributed by atoms with E-state index in [0.717, 1.165) is 32.7 Å². The molecular formula is C50H30O6. The van der Waals surface area contributed by atoms with E-state index in [1.807, 2.05) is 97.1 Å². The lowest BCUT2D eigenvalue weighted by Gasteiger charge is -2.22. The van der Waals surface area contributed by atoms with E-state index in [0.29, 0.717) is 56.4 Å². The van der Waals surface area contributed by atoms with Gasteiger partial charge in [0.05, 0.1) is 11.1 Å². The SMILES string of the molecule is CC(c1ccc(Oc2c3c(cc4ccccc24)C(=O)c2ccccc2C3=O)cc1)c1ccc(Oc2c3c(cc4ccccc24)C(=O)c2ccccc2C3=O)cc1. The van der Waals surface area contributed by atoms with Gasteiger partial charge in [0.25, 0.3) is 0 Å². The van der Waals surface area contributed by atoms with Crippen molar-refractivity contribution in [1.82, 2.24) is 0 Å². The largest absolute Gasteiger partial charge is 0.456 e. The number of ketones is 4. The van der Waals surface area contributed by atoms with E-state index in [1.54, 1.807) is 60.7 Å². The summed E-state index contributed by atoms with van der Waals surface area (Å²) in [4.78, 5) is 54.9. The minimum atomic E-state index is -0.237. The minimum absolute atomic E-state index is 0.000122. The van der Waals surface area contributed by atoms with E-state index >= 15 is 0 Å². The van der Waals surface area contributed by atoms with Gasteiger partial charge in [-0.1, -0.05) is 128 Å². The first-order chi connectivity index (χ1) is 27.4. The van der Waals surface area contributed by atoms with Crippen LogP contribution in [-0.4, -0.2) is 23.1 Å². The number of benzene rings is 8. The molecule has 0 N–H and O–H groups in total. The molecule has 8 aromatic carbocycles. The molecule has 0 saturated carbocycles. The average Bonchev–Trinajstić information content (AvgIpc) is 3.24. The molecule has 0 heterocycles. The third-order valence-electron chi connectivity index (χ3n) is 11.0. The number of ether oxygens (including phenoxy) is 2. The van der Waals surface area contributed by atoms with Crippen molar-refractivity contribution in [3.63, 3.8) is 0 Å². The van der Waals surface area contributed by atoms with Crippen LogP contribution in [-0.2, 0) is 0 Å². The topological polar surface area (TPSA) is 86.7 Å². The van der Waals surface area contributed by atoms with Crippen molar-refractivity contribution >= 4 is 44.7 Å². The summed E-state index contributed by atoms with van der Waals surface area (Å²) >= 11 is 0. The van der Waals surface area contributed by atoms with Crippen LogP contribution in [0.2, 0.25) is 0 Å². The van der Waals surface area contributed by atoms with Crippen LogP contribution in [0.5, 0.6) is 23.0 Å². The molecular weight excluding hydrogens is 697 g/mol. The highest BCUT2D eigenvalue weighted by Gasteiger charge is 2.35. The maximum absolute atomic E-state index is 13.9. The summed E-state index contributed by atoms with van der Waals surface area (Å²) in [6.45, 7) is 2.11. The zero-order valence-electron chi connectivity index (χ0n) is 30.0. The molecule has 6 nitrogen and oxygen atoms in total. The predicted octanol–water partition coefficient (Wildman–Crippen LogP) is 11.3. The lowest BCUT2D eigenvalue weighted by Crippen LogP contribution is -2.21. The van der Waals surface area contributed by atoms with Crippen molar-refractivity contribution in [1.29, 1.82) is 0 Å². The zero-order chi connectivity index (χ0) is 38.1. The second-order valence-corrected chi connectivity index (χ2v) is 14.2. The quantitative estimate of drug-likeness (QED) is 0.170. The summed E-state index contributed by atoms with van der Waals surface area (Å²) in [5, 5.41) is 3.11. The maximum Gasteiger partial charge on any atom is 0.198 e. The molecule has 8 aromatic rings. The second kappa shape index (κ2) is 12.9. The summed E-state index contributed by atoms with van der Waals surface area (Å²) in [6.07, 6.45) is 0. The van der Waals surface area contributed by atoms with Gasteiger partial charge >= 0.3 is 0 Å². The Hall–Kier alpha value is -7.44. The Morgan fingerprint density at radius 2 is 0.714 bits per heavy atom. The highest BCUT2D eigenvalue weighted by molar-refractivity contribution is 6.32. The average molecular weight is 727 g/mol. The monoisotopic (exact) mass is 726 g/mol. The molecule has 0 saturated heterocycles. The van der Waals surface area contributed by atoms with Gasteiger partial charge in [-0.05, 0) is 58.3 Å². The molecule has 0 spiro atoms. The molecule has 266 valence electrons. The van der Waals surface area contributed by atoms with Crippen molar-refractivity contribution in [2.24, 2.45) is 0 Å². The molecule has 0 radical (unpaired) electrons. The number of hydrogen-bond donors (Lipinski definition) is 0. The lowest BCUT2D eigenvalue weighted by atomic mass is 9.82. The standard InChI is InChI=1S/C50H30O6/c1-28(29-18-22-33(23-19-29)55-49-35-12-4-2-10-31(35)26-41-43(49)47(53)39-16-8-6-14-37(39)45(41)51)30-20-24-34(25-21-30)56-50-36-13-5-3-11-32(36)27-42-44(50)48(54)40-17-9-7-15-38(40)46(42)52/h2-28H,1H3. The zero-order valence-corrected chi connectivity index (χ0v) is 30.0. The fraction of sp³-hybridized carbons (Fsp3) is 0.0400. The Balaban J connectivity index is 0.936. The van der Waals surface area contributed by atoms with Crippen molar-refractivity contribution in [2.45, 2.75) is 12.8 Å². The highest BCUT2D eigenvalue weighted by Crippen LogP contribution is 2.43. The minimum Gasteiger partial charge on any atom is -0.456 e. The molecule has 0 aromatic heterocycles. The number of rotatable bonds is 6. The van der Waals surface area contributed by atoms with Crippen molar-refractivity contribution in [3.8, 4) is 23.0 Å². The van der Waals surface area contributed by atoms with Gasteiger partial charge in [-0.25, -0.2) is 0 Å². The lowest BCUT2D eigenvalue weighted by molar-refractivity contribution is 0.0977. The van der Waals surface area contributed by atoms with Crippen LogP contribution in [0.1, 0.15) is 87.7 Å². The van der Waals surface area contributed by atoms with E-state index in [4.69, 9.17) is 9.47 Å². The van der Waals surface area contributed by atoms with Crippen LogP contribution in [0.4, 0.5) is 0 Å². The third kappa shape index (κ3) is 5.18. The number of hydrogen-bond acceptors (Lipinski definition) is 6. The summed E-state index contributed by atoms with van der Waals surface area (Å²) in [7, 11) is 0. The molecule has 0 unspecified atom stereocenters. The Labute approximate surface area is 321 Å². The molecule has 0 bridgehead atoms. The van der Waals surface area contributed by atoms with Crippen LogP contribution in [0, 0.1) is 0 Å². The van der Waals surface area contributed by atoms with E-state index in [1.165, 1.54) is 0 Å². The smallest absolute Gasteiger partial charge is 0.198 e. The van der Waals surface area contributed by atoms with Crippen LogP contribution in [0.25, 0.3) is 21.5 Å². The van der Waals surface area contributed by atoms with Gasteiger partial charge in [0.1, 0.15) is 23.0 Å². The Morgan fingerprint density at radius 1 is 0.375 bits per heavy atom. The molecule has 0 aliphatic heterocycles. The van der Waals surface area contributed by atoms with E-state index in [-0.39, 0.29) is 40.2 Å². The Kier molecular flexibility index (Phi) is 7.61. The fourth-order valence-corrected chi connectivity index (χ4v) is 8.04. The first-order valence-electron chi connectivity index (χ1n) is 18.4. The van der Waals surface area contributed by atoms with Crippen LogP contribution in [0.15, 0.2) is 158 Å². The molecule has 6 heteroatoms. The van der Waals surface area contributed by atoms with Gasteiger partial charge in [0.15, 0.2) is 23.1 Å². The molecule has 2 aliphatic carbocycles. The maximum atomic E-state index is 13.9. The number of fused-ring (bicyclic) bond motifs is 6. The van der Waals surface area contributed by atoms with Crippen molar-refractivity contribution < 1.29 is 28.7 Å². The van der Waals surface area contributed by atoms with Gasteiger partial charge in [0, 0.05) is 50.1 Å². The molecule has 56 heavy (non-hydrogen) atoms. The van der Waals surface area contributed by atoms with E-state index in [2.05, 4.69) is 6.92 Å². The Bertz CT molecular complexity index is 2790. The molecule has 0 amide bonds. The third-order valence-corrected chi connectivity index (χ3v) is 11.0. The fourth-order valence-electron chi connectivity index (χ4n) is 8.04. The molecule has 0 fully saturated rings. The first-order valence-corrected chi connectivity index (χ1v) is 18.4. The second-order valence-electron chi connectivity index (χ2n) is 14.2. The summed E-state index contributed by atoms with van der Waals surface area (Å²) in [5.74, 6) is 0.941. The summed E-state index contributed by atoms with van der Waals surface area (Å²) in [6, 6.07) is 48.1. The molecule has 10 rings (SSSR count).